The first-order chi connectivity index (χ1) is 9.77. The van der Waals surface area contributed by atoms with Crippen LogP contribution in [0.4, 0.5) is 17.1 Å². The van der Waals surface area contributed by atoms with Crippen molar-refractivity contribution in [2.45, 2.75) is 26.2 Å². The van der Waals surface area contributed by atoms with Gasteiger partial charge in [0.15, 0.2) is 0 Å². The summed E-state index contributed by atoms with van der Waals surface area (Å²) in [6.45, 7) is 6.50. The number of nitrogen functional groups attached to an aromatic ring is 1. The van der Waals surface area contributed by atoms with E-state index in [1.165, 1.54) is 5.56 Å². The van der Waals surface area contributed by atoms with Crippen LogP contribution in [0.1, 0.15) is 36.7 Å². The van der Waals surface area contributed by atoms with Gasteiger partial charge in [-0.2, -0.15) is 0 Å². The Balaban J connectivity index is 2.28. The highest BCUT2D eigenvalue weighted by atomic mass is 16.1. The number of amides is 1. The summed E-state index contributed by atoms with van der Waals surface area (Å²) in [6, 6.07) is 13.2. The van der Waals surface area contributed by atoms with E-state index in [0.717, 1.165) is 5.69 Å². The Morgan fingerprint density at radius 2 is 1.67 bits per heavy atom. The molecule has 2 rings (SSSR count). The Kier molecular flexibility index (Phi) is 3.89. The summed E-state index contributed by atoms with van der Waals surface area (Å²) in [5, 5.41) is 3.20. The van der Waals surface area contributed by atoms with Crippen molar-refractivity contribution in [1.82, 2.24) is 0 Å². The van der Waals surface area contributed by atoms with Crippen molar-refractivity contribution < 1.29 is 4.79 Å². The Morgan fingerprint density at radius 3 is 2.19 bits per heavy atom. The molecule has 0 aliphatic rings. The summed E-state index contributed by atoms with van der Waals surface area (Å²) >= 11 is 0. The lowest BCUT2D eigenvalue weighted by Crippen LogP contribution is -2.14. The number of hydrogen-bond donors (Lipinski definition) is 3. The number of rotatable bonds is 3. The molecule has 0 aliphatic heterocycles. The number of nitrogens with one attached hydrogen (secondary N) is 1. The quantitative estimate of drug-likeness (QED) is 0.755. The zero-order chi connectivity index (χ0) is 15.6. The van der Waals surface area contributed by atoms with Crippen LogP contribution in [0.15, 0.2) is 42.5 Å². The molecule has 0 aromatic heterocycles. The van der Waals surface area contributed by atoms with Crippen LogP contribution < -0.4 is 16.8 Å². The van der Waals surface area contributed by atoms with Crippen molar-refractivity contribution in [3.8, 4) is 0 Å². The highest BCUT2D eigenvalue weighted by Gasteiger charge is 2.13. The molecule has 2 aromatic carbocycles. The standard InChI is InChI=1S/C17H21N3O/c1-17(2,3)11-4-7-13(8-5-11)20-15-9-6-12(18)10-14(15)16(19)21/h4-10,20H,18H2,1-3H3,(H2,19,21). The predicted octanol–water partition coefficient (Wildman–Crippen LogP) is 3.41. The molecule has 0 saturated carbocycles. The largest absolute Gasteiger partial charge is 0.399 e. The number of anilines is 3. The Morgan fingerprint density at radius 1 is 1.05 bits per heavy atom. The van der Waals surface area contributed by atoms with Crippen LogP contribution in [0.2, 0.25) is 0 Å². The second kappa shape index (κ2) is 5.48. The van der Waals surface area contributed by atoms with Gasteiger partial charge in [-0.25, -0.2) is 0 Å². The minimum atomic E-state index is -0.504. The first kappa shape index (κ1) is 14.9. The lowest BCUT2D eigenvalue weighted by molar-refractivity contribution is 0.100. The molecule has 0 heterocycles. The van der Waals surface area contributed by atoms with Gasteiger partial charge in [-0.05, 0) is 41.3 Å². The molecule has 21 heavy (non-hydrogen) atoms. The molecule has 0 atom stereocenters. The van der Waals surface area contributed by atoms with Gasteiger partial charge in [0.2, 0.25) is 0 Å². The molecule has 110 valence electrons. The molecule has 2 aromatic rings. The van der Waals surface area contributed by atoms with E-state index in [1.807, 2.05) is 12.1 Å². The van der Waals surface area contributed by atoms with Gasteiger partial charge in [-0.1, -0.05) is 32.9 Å². The van der Waals surface area contributed by atoms with Gasteiger partial charge < -0.3 is 16.8 Å². The highest BCUT2D eigenvalue weighted by Crippen LogP contribution is 2.26. The van der Waals surface area contributed by atoms with Gasteiger partial charge in [0, 0.05) is 11.4 Å². The van der Waals surface area contributed by atoms with Crippen molar-refractivity contribution in [3.05, 3.63) is 53.6 Å². The van der Waals surface area contributed by atoms with Crippen LogP contribution in [0, 0.1) is 0 Å². The van der Waals surface area contributed by atoms with E-state index in [2.05, 4.69) is 38.2 Å². The second-order valence-electron chi connectivity index (χ2n) is 6.12. The molecule has 1 amide bonds. The first-order valence-electron chi connectivity index (χ1n) is 6.84. The maximum atomic E-state index is 11.5. The average molecular weight is 283 g/mol. The number of carbonyl (C=O) groups is 1. The minimum absolute atomic E-state index is 0.109. The highest BCUT2D eigenvalue weighted by molar-refractivity contribution is 6.00. The van der Waals surface area contributed by atoms with Crippen LogP contribution in [-0.4, -0.2) is 5.91 Å². The van der Waals surface area contributed by atoms with E-state index in [9.17, 15) is 4.79 Å². The molecule has 0 fully saturated rings. The summed E-state index contributed by atoms with van der Waals surface area (Å²) in [5.41, 5.74) is 14.9. The smallest absolute Gasteiger partial charge is 0.250 e. The summed E-state index contributed by atoms with van der Waals surface area (Å²) in [7, 11) is 0. The first-order valence-corrected chi connectivity index (χ1v) is 6.84. The monoisotopic (exact) mass is 283 g/mol. The fraction of sp³-hybridized carbons (Fsp3) is 0.235. The van der Waals surface area contributed by atoms with Crippen LogP contribution in [0.3, 0.4) is 0 Å². The SMILES string of the molecule is CC(C)(C)c1ccc(Nc2ccc(N)cc2C(N)=O)cc1. The van der Waals surface area contributed by atoms with Gasteiger partial charge >= 0.3 is 0 Å². The summed E-state index contributed by atoms with van der Waals surface area (Å²) in [5.74, 6) is -0.504. The maximum Gasteiger partial charge on any atom is 0.250 e. The fourth-order valence-corrected chi connectivity index (χ4v) is 2.08. The van der Waals surface area contributed by atoms with E-state index >= 15 is 0 Å². The van der Waals surface area contributed by atoms with E-state index in [1.54, 1.807) is 18.2 Å². The van der Waals surface area contributed by atoms with Gasteiger partial charge in [0.25, 0.3) is 5.91 Å². The van der Waals surface area contributed by atoms with E-state index in [-0.39, 0.29) is 5.41 Å². The summed E-state index contributed by atoms with van der Waals surface area (Å²) < 4.78 is 0. The van der Waals surface area contributed by atoms with Gasteiger partial charge in [-0.3, -0.25) is 4.79 Å². The van der Waals surface area contributed by atoms with Gasteiger partial charge in [0.05, 0.1) is 11.3 Å². The molecular weight excluding hydrogens is 262 g/mol. The van der Waals surface area contributed by atoms with E-state index in [0.29, 0.717) is 16.9 Å². The number of carbonyl (C=O) groups excluding carboxylic acids is 1. The molecule has 0 spiro atoms. The third-order valence-electron chi connectivity index (χ3n) is 3.34. The van der Waals surface area contributed by atoms with Crippen molar-refractivity contribution >= 4 is 23.0 Å². The molecule has 0 aliphatic carbocycles. The summed E-state index contributed by atoms with van der Waals surface area (Å²) in [4.78, 5) is 11.5. The van der Waals surface area contributed by atoms with Gasteiger partial charge in [0.1, 0.15) is 0 Å². The minimum Gasteiger partial charge on any atom is -0.399 e. The van der Waals surface area contributed by atoms with Crippen LogP contribution in [0.25, 0.3) is 0 Å². The van der Waals surface area contributed by atoms with Crippen LogP contribution in [-0.2, 0) is 5.41 Å². The molecular formula is C17H21N3O. The normalized spacial score (nSPS) is 11.2. The van der Waals surface area contributed by atoms with E-state index in [4.69, 9.17) is 11.5 Å². The number of benzene rings is 2. The predicted molar refractivity (Wildman–Crippen MR) is 87.8 cm³/mol. The maximum absolute atomic E-state index is 11.5. The van der Waals surface area contributed by atoms with Crippen molar-refractivity contribution in [2.75, 3.05) is 11.1 Å². The lowest BCUT2D eigenvalue weighted by atomic mass is 9.87. The molecule has 4 heteroatoms. The molecule has 0 radical (unpaired) electrons. The fourth-order valence-electron chi connectivity index (χ4n) is 2.08. The van der Waals surface area contributed by atoms with Gasteiger partial charge in [-0.15, -0.1) is 0 Å². The summed E-state index contributed by atoms with van der Waals surface area (Å²) in [6.07, 6.45) is 0. The average Bonchev–Trinajstić information content (AvgIpc) is 2.40. The zero-order valence-corrected chi connectivity index (χ0v) is 12.6. The molecule has 4 nitrogen and oxygen atoms in total. The molecule has 0 unspecified atom stereocenters. The third-order valence-corrected chi connectivity index (χ3v) is 3.34. The van der Waals surface area contributed by atoms with Crippen LogP contribution >= 0.6 is 0 Å². The number of hydrogen-bond acceptors (Lipinski definition) is 3. The number of nitrogens with two attached hydrogens (primary N) is 2. The van der Waals surface area contributed by atoms with Crippen LogP contribution in [0.5, 0.6) is 0 Å². The third kappa shape index (κ3) is 3.54. The zero-order valence-electron chi connectivity index (χ0n) is 12.6. The van der Waals surface area contributed by atoms with Crippen molar-refractivity contribution in [3.63, 3.8) is 0 Å². The lowest BCUT2D eigenvalue weighted by Gasteiger charge is -2.19. The topological polar surface area (TPSA) is 81.1 Å². The Bertz CT molecular complexity index is 655. The second-order valence-corrected chi connectivity index (χ2v) is 6.12. The molecule has 0 saturated heterocycles. The van der Waals surface area contributed by atoms with E-state index < -0.39 is 5.91 Å². The Labute approximate surface area is 125 Å². The number of primary amides is 1. The van der Waals surface area contributed by atoms with Crippen molar-refractivity contribution in [2.24, 2.45) is 5.73 Å². The molecule has 5 N–H and O–H groups in total. The Hall–Kier alpha value is -2.49. The molecule has 0 bridgehead atoms. The van der Waals surface area contributed by atoms with Crippen molar-refractivity contribution in [1.29, 1.82) is 0 Å².